The highest BCUT2D eigenvalue weighted by Gasteiger charge is 2.49. The van der Waals surface area contributed by atoms with Crippen LogP contribution in [-0.2, 0) is 13.6 Å². The molecule has 0 bridgehead atoms. The molecule has 0 aromatic carbocycles. The molecular weight excluding hydrogens is 260 g/mol. The first-order chi connectivity index (χ1) is 10.2. The molecule has 1 saturated heterocycles. The van der Waals surface area contributed by atoms with Crippen LogP contribution in [-0.4, -0.2) is 38.8 Å². The lowest BCUT2D eigenvalue weighted by Gasteiger charge is -2.52. The van der Waals surface area contributed by atoms with E-state index in [0.29, 0.717) is 11.1 Å². The number of aryl methyl sites for hydroxylation is 1. The molecule has 0 radical (unpaired) electrons. The van der Waals surface area contributed by atoms with Gasteiger partial charge in [0.15, 0.2) is 0 Å². The number of hydrogen-bond donors (Lipinski definition) is 1. The Morgan fingerprint density at radius 2 is 1.86 bits per heavy atom. The normalized spacial score (nSPS) is 27.9. The number of aromatic nitrogens is 2. The second-order valence-corrected chi connectivity index (χ2v) is 7.61. The number of piperazine rings is 1. The number of rotatable bonds is 2. The van der Waals surface area contributed by atoms with Gasteiger partial charge in [-0.1, -0.05) is 25.7 Å². The molecular formula is C17H28N4. The zero-order chi connectivity index (χ0) is 14.3. The van der Waals surface area contributed by atoms with Crippen LogP contribution in [0.25, 0.3) is 0 Å². The summed E-state index contributed by atoms with van der Waals surface area (Å²) in [5.41, 5.74) is 2.05. The van der Waals surface area contributed by atoms with Crippen LogP contribution in [0.15, 0.2) is 12.3 Å². The maximum absolute atomic E-state index is 4.63. The SMILES string of the molecule is Cn1ccc(CN2CC3(CCCC3)NCC23CCCC3)n1. The summed E-state index contributed by atoms with van der Waals surface area (Å²) in [5.74, 6) is 0. The molecule has 116 valence electrons. The average molecular weight is 288 g/mol. The fourth-order valence-electron chi connectivity index (χ4n) is 4.93. The molecule has 4 nitrogen and oxygen atoms in total. The molecule has 0 atom stereocenters. The first-order valence-corrected chi connectivity index (χ1v) is 8.69. The molecule has 21 heavy (non-hydrogen) atoms. The van der Waals surface area contributed by atoms with Gasteiger partial charge in [-0.3, -0.25) is 9.58 Å². The Bertz CT molecular complexity index is 495. The van der Waals surface area contributed by atoms with Crippen LogP contribution in [0.3, 0.4) is 0 Å². The largest absolute Gasteiger partial charge is 0.308 e. The van der Waals surface area contributed by atoms with Crippen molar-refractivity contribution in [2.45, 2.75) is 69.0 Å². The highest BCUT2D eigenvalue weighted by Crippen LogP contribution is 2.43. The third-order valence-corrected chi connectivity index (χ3v) is 6.17. The van der Waals surface area contributed by atoms with Crippen molar-refractivity contribution < 1.29 is 0 Å². The monoisotopic (exact) mass is 288 g/mol. The lowest BCUT2D eigenvalue weighted by molar-refractivity contribution is 0.00180. The molecule has 0 unspecified atom stereocenters. The van der Waals surface area contributed by atoms with Crippen LogP contribution >= 0.6 is 0 Å². The predicted molar refractivity (Wildman–Crippen MR) is 84.0 cm³/mol. The Morgan fingerprint density at radius 3 is 2.52 bits per heavy atom. The molecule has 1 aromatic heterocycles. The molecule has 3 fully saturated rings. The van der Waals surface area contributed by atoms with Gasteiger partial charge in [-0.15, -0.1) is 0 Å². The van der Waals surface area contributed by atoms with Gasteiger partial charge in [-0.2, -0.15) is 5.10 Å². The second kappa shape index (κ2) is 5.10. The standard InChI is InChI=1S/C17H28N4/c1-20-11-6-15(19-20)12-21-14-16(7-2-3-8-16)18-13-17(21)9-4-5-10-17/h6,11,18H,2-5,7-10,12-14H2,1H3. The van der Waals surface area contributed by atoms with Gasteiger partial charge < -0.3 is 5.32 Å². The van der Waals surface area contributed by atoms with Crippen LogP contribution in [0.1, 0.15) is 57.1 Å². The van der Waals surface area contributed by atoms with E-state index in [2.05, 4.69) is 27.6 Å². The summed E-state index contributed by atoms with van der Waals surface area (Å²) < 4.78 is 1.93. The van der Waals surface area contributed by atoms with Crippen molar-refractivity contribution >= 4 is 0 Å². The van der Waals surface area contributed by atoms with Crippen molar-refractivity contribution in [2.24, 2.45) is 7.05 Å². The third kappa shape index (κ3) is 2.42. The average Bonchev–Trinajstić information content (AvgIpc) is 3.18. The van der Waals surface area contributed by atoms with Crippen molar-refractivity contribution in [3.63, 3.8) is 0 Å². The number of nitrogens with zero attached hydrogens (tertiary/aromatic N) is 3. The summed E-state index contributed by atoms with van der Waals surface area (Å²) in [6.07, 6.45) is 13.1. The van der Waals surface area contributed by atoms with E-state index in [0.717, 1.165) is 6.54 Å². The topological polar surface area (TPSA) is 33.1 Å². The van der Waals surface area contributed by atoms with E-state index in [1.807, 2.05) is 11.7 Å². The Kier molecular flexibility index (Phi) is 3.34. The van der Waals surface area contributed by atoms with E-state index in [-0.39, 0.29) is 0 Å². The molecule has 1 aromatic rings. The van der Waals surface area contributed by atoms with Crippen LogP contribution in [0.2, 0.25) is 0 Å². The summed E-state index contributed by atoms with van der Waals surface area (Å²) >= 11 is 0. The van der Waals surface area contributed by atoms with E-state index >= 15 is 0 Å². The van der Waals surface area contributed by atoms with Crippen molar-refractivity contribution in [3.8, 4) is 0 Å². The zero-order valence-electron chi connectivity index (χ0n) is 13.3. The minimum absolute atomic E-state index is 0.405. The van der Waals surface area contributed by atoms with Crippen LogP contribution in [0, 0.1) is 0 Å². The second-order valence-electron chi connectivity index (χ2n) is 7.61. The third-order valence-electron chi connectivity index (χ3n) is 6.17. The summed E-state index contributed by atoms with van der Waals surface area (Å²) in [5, 5.41) is 8.61. The molecule has 1 aliphatic heterocycles. The van der Waals surface area contributed by atoms with E-state index in [9.17, 15) is 0 Å². The van der Waals surface area contributed by atoms with Gasteiger partial charge in [0.25, 0.3) is 0 Å². The van der Waals surface area contributed by atoms with Gasteiger partial charge >= 0.3 is 0 Å². The first kappa shape index (κ1) is 13.8. The lowest BCUT2D eigenvalue weighted by atomic mass is 9.84. The van der Waals surface area contributed by atoms with Gasteiger partial charge in [0, 0.05) is 44.0 Å². The summed E-state index contributed by atoms with van der Waals surface area (Å²) in [6.45, 7) is 3.45. The Labute approximate surface area is 127 Å². The minimum atomic E-state index is 0.405. The molecule has 2 aliphatic carbocycles. The van der Waals surface area contributed by atoms with Gasteiger partial charge in [0.2, 0.25) is 0 Å². The van der Waals surface area contributed by atoms with Gasteiger partial charge in [-0.05, 0) is 31.7 Å². The quantitative estimate of drug-likeness (QED) is 0.907. The maximum atomic E-state index is 4.63. The van der Waals surface area contributed by atoms with Gasteiger partial charge in [0.1, 0.15) is 0 Å². The first-order valence-electron chi connectivity index (χ1n) is 8.69. The Hall–Kier alpha value is -0.870. The van der Waals surface area contributed by atoms with E-state index < -0.39 is 0 Å². The van der Waals surface area contributed by atoms with Gasteiger partial charge in [0.05, 0.1) is 5.69 Å². The fourth-order valence-corrected chi connectivity index (χ4v) is 4.93. The summed E-state index contributed by atoms with van der Waals surface area (Å²) in [7, 11) is 2.02. The molecule has 4 heteroatoms. The fraction of sp³-hybridized carbons (Fsp3) is 0.824. The smallest absolute Gasteiger partial charge is 0.0764 e. The molecule has 4 rings (SSSR count). The summed E-state index contributed by atoms with van der Waals surface area (Å²) in [4.78, 5) is 2.80. The van der Waals surface area contributed by atoms with Gasteiger partial charge in [-0.25, -0.2) is 0 Å². The van der Waals surface area contributed by atoms with Crippen molar-refractivity contribution in [3.05, 3.63) is 18.0 Å². The molecule has 2 saturated carbocycles. The molecule has 3 aliphatic rings. The zero-order valence-corrected chi connectivity index (χ0v) is 13.3. The van der Waals surface area contributed by atoms with Crippen LogP contribution in [0.4, 0.5) is 0 Å². The highest BCUT2D eigenvalue weighted by molar-refractivity contribution is 5.11. The lowest BCUT2D eigenvalue weighted by Crippen LogP contribution is -2.68. The van der Waals surface area contributed by atoms with Crippen molar-refractivity contribution in [2.75, 3.05) is 13.1 Å². The van der Waals surface area contributed by atoms with Crippen LogP contribution in [0.5, 0.6) is 0 Å². The number of nitrogens with one attached hydrogen (secondary N) is 1. The van der Waals surface area contributed by atoms with Crippen LogP contribution < -0.4 is 5.32 Å². The molecule has 2 spiro atoms. The molecule has 2 heterocycles. The Morgan fingerprint density at radius 1 is 1.14 bits per heavy atom. The predicted octanol–water partition coefficient (Wildman–Crippen LogP) is 2.45. The highest BCUT2D eigenvalue weighted by atomic mass is 15.3. The maximum Gasteiger partial charge on any atom is 0.0764 e. The molecule has 1 N–H and O–H groups in total. The minimum Gasteiger partial charge on any atom is -0.308 e. The van der Waals surface area contributed by atoms with Crippen molar-refractivity contribution in [1.29, 1.82) is 0 Å². The summed E-state index contributed by atoms with van der Waals surface area (Å²) in [6, 6.07) is 2.19. The molecule has 0 amide bonds. The number of hydrogen-bond acceptors (Lipinski definition) is 3. The van der Waals surface area contributed by atoms with E-state index in [1.165, 1.54) is 70.2 Å². The van der Waals surface area contributed by atoms with E-state index in [4.69, 9.17) is 0 Å². The van der Waals surface area contributed by atoms with Crippen molar-refractivity contribution in [1.82, 2.24) is 20.0 Å². The van der Waals surface area contributed by atoms with E-state index in [1.54, 1.807) is 0 Å². The Balaban J connectivity index is 1.57.